The fourth-order valence-corrected chi connectivity index (χ4v) is 5.49. The van der Waals surface area contributed by atoms with Crippen LogP contribution in [0.1, 0.15) is 23.8 Å². The van der Waals surface area contributed by atoms with Gasteiger partial charge in [0, 0.05) is 38.3 Å². The van der Waals surface area contributed by atoms with Crippen LogP contribution in [-0.2, 0) is 4.79 Å². The number of rotatable bonds is 3. The highest BCUT2D eigenvalue weighted by Crippen LogP contribution is 2.39. The lowest BCUT2D eigenvalue weighted by Crippen LogP contribution is -2.51. The lowest BCUT2D eigenvalue weighted by atomic mass is 9.82. The highest BCUT2D eigenvalue weighted by Gasteiger charge is 2.36. The van der Waals surface area contributed by atoms with E-state index in [1.165, 1.54) is 4.70 Å². The van der Waals surface area contributed by atoms with Crippen molar-refractivity contribution >= 4 is 33.3 Å². The summed E-state index contributed by atoms with van der Waals surface area (Å²) in [5, 5.41) is 1.10. The van der Waals surface area contributed by atoms with Crippen molar-refractivity contribution in [1.29, 1.82) is 0 Å². The van der Waals surface area contributed by atoms with Gasteiger partial charge in [0.15, 0.2) is 0 Å². The monoisotopic (exact) mass is 404 g/mol. The molecule has 0 radical (unpaired) electrons. The first-order valence-electron chi connectivity index (χ1n) is 10.2. The minimum atomic E-state index is -0.0121. The summed E-state index contributed by atoms with van der Waals surface area (Å²) >= 11 is 1.74. The summed E-state index contributed by atoms with van der Waals surface area (Å²) in [7, 11) is 0. The van der Waals surface area contributed by atoms with Crippen molar-refractivity contribution in [3.63, 3.8) is 0 Å². The molecule has 0 bridgehead atoms. The Bertz CT molecular complexity index is 991. The number of benzene rings is 1. The van der Waals surface area contributed by atoms with E-state index in [1.807, 2.05) is 35.4 Å². The molecule has 3 aromatic rings. The predicted octanol–water partition coefficient (Wildman–Crippen LogP) is 4.09. The number of hydrogen-bond donors (Lipinski definition) is 0. The number of piperazine rings is 1. The average molecular weight is 405 g/mol. The molecule has 1 aliphatic carbocycles. The highest BCUT2D eigenvalue weighted by atomic mass is 32.1. The first kappa shape index (κ1) is 18.3. The Balaban J connectivity index is 1.31. The summed E-state index contributed by atoms with van der Waals surface area (Å²) < 4.78 is 1.20. The molecule has 2 unspecified atom stereocenters. The molecule has 0 N–H and O–H groups in total. The maximum Gasteiger partial charge on any atom is 0.226 e. The van der Waals surface area contributed by atoms with Crippen LogP contribution in [0.15, 0.2) is 60.8 Å². The number of aromatic nitrogens is 2. The lowest BCUT2D eigenvalue weighted by molar-refractivity contribution is -0.136. The zero-order valence-electron chi connectivity index (χ0n) is 16.3. The summed E-state index contributed by atoms with van der Waals surface area (Å²) in [5.74, 6) is 1.44. The third-order valence-electron chi connectivity index (χ3n) is 5.94. The minimum Gasteiger partial charge on any atom is -0.353 e. The summed E-state index contributed by atoms with van der Waals surface area (Å²) in [4.78, 5) is 27.0. The zero-order valence-corrected chi connectivity index (χ0v) is 17.1. The van der Waals surface area contributed by atoms with E-state index in [4.69, 9.17) is 4.98 Å². The summed E-state index contributed by atoms with van der Waals surface area (Å²) in [6.07, 6.45) is 7.89. The van der Waals surface area contributed by atoms with Crippen LogP contribution >= 0.6 is 11.3 Å². The van der Waals surface area contributed by atoms with Crippen molar-refractivity contribution < 1.29 is 4.79 Å². The van der Waals surface area contributed by atoms with Crippen LogP contribution in [0.4, 0.5) is 5.82 Å². The molecular weight excluding hydrogens is 380 g/mol. The molecule has 5 rings (SSSR count). The molecule has 0 spiro atoms. The van der Waals surface area contributed by atoms with Gasteiger partial charge in [-0.15, -0.1) is 11.3 Å². The number of pyridine rings is 1. The van der Waals surface area contributed by atoms with Gasteiger partial charge in [-0.3, -0.25) is 4.79 Å². The van der Waals surface area contributed by atoms with Crippen molar-refractivity contribution in [2.24, 2.45) is 5.92 Å². The van der Waals surface area contributed by atoms with E-state index in [2.05, 4.69) is 40.2 Å². The van der Waals surface area contributed by atoms with Crippen molar-refractivity contribution in [1.82, 2.24) is 14.9 Å². The Hall–Kier alpha value is -2.73. The molecule has 1 fully saturated rings. The second-order valence-corrected chi connectivity index (χ2v) is 8.74. The molecular formula is C23H24N4OS. The standard InChI is InChI=1S/C23H24N4OS/c28-23(27-15-13-26(14-16-27)21-11-5-6-12-24-21)18-8-2-1-7-17(18)22-25-19-9-3-4-10-20(19)29-22/h1-6,9-12,17-18H,7-8,13-16H2. The molecule has 6 heteroatoms. The maximum atomic E-state index is 13.4. The van der Waals surface area contributed by atoms with Crippen LogP contribution in [0.25, 0.3) is 10.2 Å². The second kappa shape index (κ2) is 7.95. The summed E-state index contributed by atoms with van der Waals surface area (Å²) in [6.45, 7) is 3.17. The van der Waals surface area contributed by atoms with Crippen LogP contribution < -0.4 is 4.90 Å². The van der Waals surface area contributed by atoms with Crippen molar-refractivity contribution in [2.45, 2.75) is 18.8 Å². The highest BCUT2D eigenvalue weighted by molar-refractivity contribution is 7.18. The zero-order chi connectivity index (χ0) is 19.6. The van der Waals surface area contributed by atoms with E-state index >= 15 is 0 Å². The fraction of sp³-hybridized carbons (Fsp3) is 0.348. The predicted molar refractivity (Wildman–Crippen MR) is 117 cm³/mol. The Morgan fingerprint density at radius 1 is 0.966 bits per heavy atom. The first-order chi connectivity index (χ1) is 14.3. The van der Waals surface area contributed by atoms with Gasteiger partial charge in [-0.05, 0) is 37.1 Å². The van der Waals surface area contributed by atoms with E-state index < -0.39 is 0 Å². The number of fused-ring (bicyclic) bond motifs is 1. The largest absolute Gasteiger partial charge is 0.353 e. The Labute approximate surface area is 174 Å². The summed E-state index contributed by atoms with van der Waals surface area (Å²) in [6, 6.07) is 14.2. The quantitative estimate of drug-likeness (QED) is 0.617. The Morgan fingerprint density at radius 3 is 2.55 bits per heavy atom. The second-order valence-electron chi connectivity index (χ2n) is 7.68. The third kappa shape index (κ3) is 3.65. The Kier molecular flexibility index (Phi) is 5.02. The topological polar surface area (TPSA) is 49.3 Å². The molecule has 1 aliphatic heterocycles. The molecule has 1 aromatic carbocycles. The van der Waals surface area contributed by atoms with E-state index in [1.54, 1.807) is 11.3 Å². The minimum absolute atomic E-state index is 0.0121. The van der Waals surface area contributed by atoms with Gasteiger partial charge in [0.2, 0.25) is 5.91 Å². The number of thiazole rings is 1. The number of carbonyl (C=O) groups excluding carboxylic acids is 1. The molecule has 29 heavy (non-hydrogen) atoms. The third-order valence-corrected chi connectivity index (χ3v) is 7.11. The first-order valence-corrected chi connectivity index (χ1v) is 11.1. The number of para-hydroxylation sites is 1. The van der Waals surface area contributed by atoms with Crippen LogP contribution in [0, 0.1) is 5.92 Å². The molecule has 148 valence electrons. The fourth-order valence-electron chi connectivity index (χ4n) is 4.34. The molecule has 3 heterocycles. The molecule has 0 saturated carbocycles. The van der Waals surface area contributed by atoms with E-state index in [0.29, 0.717) is 0 Å². The molecule has 1 saturated heterocycles. The van der Waals surface area contributed by atoms with Gasteiger partial charge in [0.1, 0.15) is 5.82 Å². The number of hydrogen-bond acceptors (Lipinski definition) is 5. The van der Waals surface area contributed by atoms with Crippen LogP contribution in [-0.4, -0.2) is 47.0 Å². The van der Waals surface area contributed by atoms with E-state index in [0.717, 1.165) is 55.4 Å². The lowest BCUT2D eigenvalue weighted by Gasteiger charge is -2.38. The van der Waals surface area contributed by atoms with Crippen LogP contribution in [0.2, 0.25) is 0 Å². The van der Waals surface area contributed by atoms with Gasteiger partial charge in [-0.1, -0.05) is 30.4 Å². The number of nitrogens with zero attached hydrogens (tertiary/aromatic N) is 4. The SMILES string of the molecule is O=C(C1CC=CCC1c1nc2ccccc2s1)N1CCN(c2ccccn2)CC1. The number of anilines is 1. The summed E-state index contributed by atoms with van der Waals surface area (Å²) in [5.41, 5.74) is 1.04. The Morgan fingerprint density at radius 2 is 1.76 bits per heavy atom. The molecule has 2 aromatic heterocycles. The van der Waals surface area contributed by atoms with Gasteiger partial charge >= 0.3 is 0 Å². The van der Waals surface area contributed by atoms with E-state index in [-0.39, 0.29) is 17.7 Å². The van der Waals surface area contributed by atoms with Gasteiger partial charge in [-0.25, -0.2) is 9.97 Å². The number of allylic oxidation sites excluding steroid dienone is 2. The van der Waals surface area contributed by atoms with Crippen molar-refractivity contribution in [3.8, 4) is 0 Å². The number of amides is 1. The van der Waals surface area contributed by atoms with Crippen molar-refractivity contribution in [3.05, 3.63) is 65.8 Å². The van der Waals surface area contributed by atoms with E-state index in [9.17, 15) is 4.79 Å². The molecule has 2 atom stereocenters. The molecule has 1 amide bonds. The number of carbonyl (C=O) groups is 1. The van der Waals surface area contributed by atoms with Crippen LogP contribution in [0.3, 0.4) is 0 Å². The average Bonchev–Trinajstić information content (AvgIpc) is 3.23. The van der Waals surface area contributed by atoms with Gasteiger partial charge in [-0.2, -0.15) is 0 Å². The van der Waals surface area contributed by atoms with Gasteiger partial charge < -0.3 is 9.80 Å². The van der Waals surface area contributed by atoms with Crippen LogP contribution in [0.5, 0.6) is 0 Å². The maximum absolute atomic E-state index is 13.4. The van der Waals surface area contributed by atoms with Crippen molar-refractivity contribution in [2.75, 3.05) is 31.1 Å². The van der Waals surface area contributed by atoms with Gasteiger partial charge in [0.05, 0.1) is 21.1 Å². The van der Waals surface area contributed by atoms with Gasteiger partial charge in [0.25, 0.3) is 0 Å². The molecule has 2 aliphatic rings. The smallest absolute Gasteiger partial charge is 0.226 e. The normalized spacial score (nSPS) is 22.2. The molecule has 5 nitrogen and oxygen atoms in total.